The molecule has 174 valence electrons. The van der Waals surface area contributed by atoms with E-state index in [9.17, 15) is 0 Å². The highest BCUT2D eigenvalue weighted by molar-refractivity contribution is 5.25. The third-order valence-electron chi connectivity index (χ3n) is 12.7. The maximum atomic E-state index is 6.99. The van der Waals surface area contributed by atoms with Gasteiger partial charge in [-0.2, -0.15) is 0 Å². The average molecular weight is 429 g/mol. The number of fused-ring (bicyclic) bond motifs is 8. The van der Waals surface area contributed by atoms with Crippen LogP contribution in [0.4, 0.5) is 0 Å². The van der Waals surface area contributed by atoms with E-state index in [1.807, 2.05) is 0 Å². The zero-order chi connectivity index (χ0) is 21.2. The van der Waals surface area contributed by atoms with Gasteiger partial charge in [-0.1, -0.05) is 40.5 Å². The summed E-state index contributed by atoms with van der Waals surface area (Å²) in [4.78, 5) is 0. The van der Waals surface area contributed by atoms with Crippen LogP contribution >= 0.6 is 0 Å². The molecule has 3 nitrogen and oxygen atoms in total. The second-order valence-electron chi connectivity index (χ2n) is 13.6. The molecular weight excluding hydrogens is 384 g/mol. The average Bonchev–Trinajstić information content (AvgIpc) is 3.40. The minimum Gasteiger partial charge on any atom is -0.369 e. The largest absolute Gasteiger partial charge is 0.369 e. The van der Waals surface area contributed by atoms with Crippen LogP contribution in [0.15, 0.2) is 0 Å². The van der Waals surface area contributed by atoms with Crippen LogP contribution in [0.5, 0.6) is 0 Å². The smallest absolute Gasteiger partial charge is 0.171 e. The first kappa shape index (κ1) is 20.3. The predicted octanol–water partition coefficient (Wildman–Crippen LogP) is 6.20. The normalized spacial score (nSPS) is 64.6. The van der Waals surface area contributed by atoms with Crippen LogP contribution in [0.3, 0.4) is 0 Å². The molecule has 3 aliphatic heterocycles. The highest BCUT2D eigenvalue weighted by Crippen LogP contribution is 2.76. The first-order valence-electron chi connectivity index (χ1n) is 13.8. The lowest BCUT2D eigenvalue weighted by Gasteiger charge is -2.62. The van der Waals surface area contributed by atoms with Crippen LogP contribution < -0.4 is 0 Å². The molecule has 3 heteroatoms. The third-order valence-corrected chi connectivity index (χ3v) is 12.7. The number of hydrogen-bond donors (Lipinski definition) is 0. The van der Waals surface area contributed by atoms with Crippen molar-refractivity contribution in [2.45, 2.75) is 109 Å². The standard InChI is InChI=1S/C28H44O3/c1-17-10-12-28(29-15-17)18(2)24-23(31-28)13-21-20-9-8-19-7-5-6-11-25(19,3)22(20)14-27(16-30-27)26(21,24)4/h17-24H,5-16H2,1-4H3/t17?,18-,19?,20-,21-,22-,23-,24-,25-,26-,27?,28+/m0/s1. The van der Waals surface area contributed by atoms with Gasteiger partial charge in [0.05, 0.1) is 24.9 Å². The summed E-state index contributed by atoms with van der Waals surface area (Å²) in [5.41, 5.74) is 0.965. The molecule has 0 amide bonds. The van der Waals surface area contributed by atoms with E-state index in [0.717, 1.165) is 43.3 Å². The Hall–Kier alpha value is -0.120. The fourth-order valence-electron chi connectivity index (χ4n) is 10.9. The van der Waals surface area contributed by atoms with Crippen LogP contribution in [-0.2, 0) is 14.2 Å². The monoisotopic (exact) mass is 428 g/mol. The molecule has 3 heterocycles. The summed E-state index contributed by atoms with van der Waals surface area (Å²) in [7, 11) is 0. The Morgan fingerprint density at radius 3 is 2.45 bits per heavy atom. The molecule has 7 rings (SSSR count). The molecule has 7 aliphatic rings. The number of hydrogen-bond acceptors (Lipinski definition) is 3. The van der Waals surface area contributed by atoms with Crippen molar-refractivity contribution in [1.29, 1.82) is 0 Å². The minimum absolute atomic E-state index is 0.131. The summed E-state index contributed by atoms with van der Waals surface area (Å²) in [5.74, 6) is 4.97. The summed E-state index contributed by atoms with van der Waals surface area (Å²) in [5, 5.41) is 0. The molecule has 3 unspecified atom stereocenters. The molecule has 2 spiro atoms. The molecule has 0 bridgehead atoms. The minimum atomic E-state index is -0.310. The van der Waals surface area contributed by atoms with E-state index < -0.39 is 0 Å². The van der Waals surface area contributed by atoms with Crippen LogP contribution in [-0.4, -0.2) is 30.7 Å². The summed E-state index contributed by atoms with van der Waals surface area (Å²) in [6, 6.07) is 0. The van der Waals surface area contributed by atoms with Gasteiger partial charge in [0, 0.05) is 23.7 Å². The van der Waals surface area contributed by atoms with Gasteiger partial charge in [0.25, 0.3) is 0 Å². The van der Waals surface area contributed by atoms with Crippen molar-refractivity contribution in [2.75, 3.05) is 13.2 Å². The highest BCUT2D eigenvalue weighted by Gasteiger charge is 2.78. The quantitative estimate of drug-likeness (QED) is 0.430. The van der Waals surface area contributed by atoms with E-state index in [1.54, 1.807) is 0 Å². The Morgan fingerprint density at radius 2 is 1.71 bits per heavy atom. The van der Waals surface area contributed by atoms with Crippen molar-refractivity contribution in [1.82, 2.24) is 0 Å². The molecule has 0 radical (unpaired) electrons. The van der Waals surface area contributed by atoms with Crippen LogP contribution in [0.1, 0.15) is 91.9 Å². The van der Waals surface area contributed by atoms with E-state index >= 15 is 0 Å². The second kappa shape index (κ2) is 6.30. The Kier molecular flexibility index (Phi) is 4.12. The van der Waals surface area contributed by atoms with Gasteiger partial charge in [0.15, 0.2) is 5.79 Å². The van der Waals surface area contributed by atoms with Gasteiger partial charge in [0.1, 0.15) is 0 Å². The molecule has 7 fully saturated rings. The Morgan fingerprint density at radius 1 is 0.871 bits per heavy atom. The molecule has 0 aromatic rings. The first-order valence-corrected chi connectivity index (χ1v) is 13.8. The van der Waals surface area contributed by atoms with E-state index in [1.165, 1.54) is 57.8 Å². The van der Waals surface area contributed by atoms with Crippen molar-refractivity contribution in [3.8, 4) is 0 Å². The molecule has 0 aromatic heterocycles. The SMILES string of the molecule is CC1CC[C@@]2(OC1)O[C@H]1C[C@H]3[C@@H]4CCC5CCCC[C@]5(C)[C@H]4CC4(CO4)[C@]3(C)[C@H]1[C@@H]2C. The lowest BCUT2D eigenvalue weighted by molar-refractivity contribution is -0.274. The van der Waals surface area contributed by atoms with E-state index in [2.05, 4.69) is 27.7 Å². The van der Waals surface area contributed by atoms with Crippen LogP contribution in [0, 0.1) is 52.3 Å². The van der Waals surface area contributed by atoms with Gasteiger partial charge in [-0.15, -0.1) is 0 Å². The summed E-state index contributed by atoms with van der Waals surface area (Å²) in [6.07, 6.45) is 14.1. The summed E-state index contributed by atoms with van der Waals surface area (Å²) < 4.78 is 20.1. The highest BCUT2D eigenvalue weighted by atomic mass is 16.7. The number of epoxide rings is 1. The summed E-state index contributed by atoms with van der Waals surface area (Å²) in [6.45, 7) is 12.0. The van der Waals surface area contributed by atoms with Crippen LogP contribution in [0.25, 0.3) is 0 Å². The van der Waals surface area contributed by atoms with Gasteiger partial charge >= 0.3 is 0 Å². The zero-order valence-corrected chi connectivity index (χ0v) is 20.3. The molecular formula is C28H44O3. The van der Waals surface area contributed by atoms with Gasteiger partial charge in [-0.3, -0.25) is 0 Å². The third kappa shape index (κ3) is 2.38. The maximum Gasteiger partial charge on any atom is 0.171 e. The lowest BCUT2D eigenvalue weighted by Crippen LogP contribution is -2.60. The zero-order valence-electron chi connectivity index (χ0n) is 20.3. The molecule has 0 N–H and O–H groups in total. The van der Waals surface area contributed by atoms with Gasteiger partial charge in [-0.05, 0) is 80.0 Å². The van der Waals surface area contributed by atoms with Crippen molar-refractivity contribution in [2.24, 2.45) is 52.3 Å². The lowest BCUT2D eigenvalue weighted by atomic mass is 9.42. The van der Waals surface area contributed by atoms with Gasteiger partial charge in [0.2, 0.25) is 0 Å². The second-order valence-corrected chi connectivity index (χ2v) is 13.6. The molecule has 3 saturated heterocycles. The van der Waals surface area contributed by atoms with Gasteiger partial charge in [-0.25, -0.2) is 0 Å². The van der Waals surface area contributed by atoms with Gasteiger partial charge < -0.3 is 14.2 Å². The number of ether oxygens (including phenoxy) is 3. The van der Waals surface area contributed by atoms with Crippen molar-refractivity contribution < 1.29 is 14.2 Å². The van der Waals surface area contributed by atoms with E-state index in [4.69, 9.17) is 14.2 Å². The predicted molar refractivity (Wildman–Crippen MR) is 120 cm³/mol. The van der Waals surface area contributed by atoms with Crippen molar-refractivity contribution in [3.63, 3.8) is 0 Å². The molecule has 4 aliphatic carbocycles. The maximum absolute atomic E-state index is 6.99. The first-order chi connectivity index (χ1) is 14.8. The molecule has 12 atom stereocenters. The summed E-state index contributed by atoms with van der Waals surface area (Å²) >= 11 is 0. The molecule has 4 saturated carbocycles. The van der Waals surface area contributed by atoms with Crippen molar-refractivity contribution in [3.05, 3.63) is 0 Å². The molecule has 31 heavy (non-hydrogen) atoms. The Bertz CT molecular complexity index is 751. The topological polar surface area (TPSA) is 31.0 Å². The Balaban J connectivity index is 1.24. The van der Waals surface area contributed by atoms with Crippen LogP contribution in [0.2, 0.25) is 0 Å². The molecule has 0 aromatic carbocycles. The Labute approximate surface area is 189 Å². The fraction of sp³-hybridized carbons (Fsp3) is 1.00. The fourth-order valence-corrected chi connectivity index (χ4v) is 10.9. The van der Waals surface area contributed by atoms with Crippen molar-refractivity contribution >= 4 is 0 Å². The van der Waals surface area contributed by atoms with E-state index in [-0.39, 0.29) is 16.8 Å². The number of rotatable bonds is 0. The van der Waals surface area contributed by atoms with E-state index in [0.29, 0.717) is 29.3 Å².